The lowest BCUT2D eigenvalue weighted by Crippen LogP contribution is -2.52. The largest absolute Gasteiger partial charge is 0.375 e. The predicted molar refractivity (Wildman–Crippen MR) is 75.0 cm³/mol. The molecule has 1 aliphatic carbocycles. The van der Waals surface area contributed by atoms with Gasteiger partial charge in [0.15, 0.2) is 0 Å². The summed E-state index contributed by atoms with van der Waals surface area (Å²) in [6, 6.07) is 10.1. The van der Waals surface area contributed by atoms with E-state index < -0.39 is 0 Å². The number of ether oxygens (including phenoxy) is 1. The van der Waals surface area contributed by atoms with Crippen molar-refractivity contribution in [1.29, 1.82) is 0 Å². The zero-order valence-electron chi connectivity index (χ0n) is 11.3. The molecule has 1 saturated heterocycles. The molecule has 2 heterocycles. The summed E-state index contributed by atoms with van der Waals surface area (Å²) in [5.41, 5.74) is 3.01. The summed E-state index contributed by atoms with van der Waals surface area (Å²) in [5.74, 6) is 0. The van der Waals surface area contributed by atoms with Crippen LogP contribution in [-0.2, 0) is 11.3 Å². The molecule has 2 aliphatic heterocycles. The SMILES string of the molecule is c1ccc2c(c1)CNCC2N1CCOC2CCCC21. The second-order valence-corrected chi connectivity index (χ2v) is 5.99. The van der Waals surface area contributed by atoms with Gasteiger partial charge < -0.3 is 10.1 Å². The Kier molecular flexibility index (Phi) is 3.06. The first-order chi connectivity index (χ1) is 9.43. The van der Waals surface area contributed by atoms with Gasteiger partial charge in [0.1, 0.15) is 0 Å². The Labute approximate surface area is 114 Å². The van der Waals surface area contributed by atoms with E-state index in [0.717, 1.165) is 26.2 Å². The molecule has 1 aromatic carbocycles. The summed E-state index contributed by atoms with van der Waals surface area (Å²) < 4.78 is 5.95. The molecule has 4 rings (SSSR count). The molecule has 3 aliphatic rings. The molecular weight excluding hydrogens is 236 g/mol. The van der Waals surface area contributed by atoms with Crippen LogP contribution in [0.5, 0.6) is 0 Å². The molecule has 1 saturated carbocycles. The van der Waals surface area contributed by atoms with Crippen LogP contribution < -0.4 is 5.32 Å². The molecule has 0 radical (unpaired) electrons. The van der Waals surface area contributed by atoms with Gasteiger partial charge in [0.05, 0.1) is 12.7 Å². The number of hydrogen-bond acceptors (Lipinski definition) is 3. The standard InChI is InChI=1S/C16H22N2O/c1-2-5-13-12(4-1)10-17-11-15(13)18-8-9-19-16-7-3-6-14(16)18/h1-2,4-5,14-17H,3,6-11H2. The predicted octanol–water partition coefficient (Wildman–Crippen LogP) is 2.08. The minimum absolute atomic E-state index is 0.489. The van der Waals surface area contributed by atoms with Crippen molar-refractivity contribution >= 4 is 0 Å². The van der Waals surface area contributed by atoms with Gasteiger partial charge in [-0.05, 0) is 30.4 Å². The fourth-order valence-electron chi connectivity index (χ4n) is 4.11. The lowest BCUT2D eigenvalue weighted by Gasteiger charge is -2.44. The van der Waals surface area contributed by atoms with Crippen molar-refractivity contribution < 1.29 is 4.74 Å². The van der Waals surface area contributed by atoms with Crippen LogP contribution >= 0.6 is 0 Å². The minimum Gasteiger partial charge on any atom is -0.375 e. The number of nitrogens with zero attached hydrogens (tertiary/aromatic N) is 1. The van der Waals surface area contributed by atoms with Crippen molar-refractivity contribution in [2.45, 2.75) is 44.0 Å². The number of fused-ring (bicyclic) bond motifs is 2. The van der Waals surface area contributed by atoms with Gasteiger partial charge in [0.25, 0.3) is 0 Å². The third-order valence-electron chi connectivity index (χ3n) is 4.99. The molecule has 19 heavy (non-hydrogen) atoms. The van der Waals surface area contributed by atoms with Gasteiger partial charge in [-0.3, -0.25) is 4.90 Å². The van der Waals surface area contributed by atoms with Crippen molar-refractivity contribution in [2.24, 2.45) is 0 Å². The highest BCUT2D eigenvalue weighted by atomic mass is 16.5. The molecule has 3 nitrogen and oxygen atoms in total. The monoisotopic (exact) mass is 258 g/mol. The van der Waals surface area contributed by atoms with E-state index in [1.165, 1.54) is 30.4 Å². The summed E-state index contributed by atoms with van der Waals surface area (Å²) in [6.45, 7) is 4.09. The summed E-state index contributed by atoms with van der Waals surface area (Å²) in [5, 5.41) is 3.59. The number of benzene rings is 1. The van der Waals surface area contributed by atoms with Crippen molar-refractivity contribution in [2.75, 3.05) is 19.7 Å². The highest BCUT2D eigenvalue weighted by molar-refractivity contribution is 5.32. The molecule has 3 unspecified atom stereocenters. The average Bonchev–Trinajstić information content (AvgIpc) is 2.95. The van der Waals surface area contributed by atoms with Crippen LogP contribution in [-0.4, -0.2) is 36.7 Å². The van der Waals surface area contributed by atoms with Gasteiger partial charge >= 0.3 is 0 Å². The Morgan fingerprint density at radius 1 is 1.21 bits per heavy atom. The van der Waals surface area contributed by atoms with E-state index in [4.69, 9.17) is 4.74 Å². The lowest BCUT2D eigenvalue weighted by molar-refractivity contribution is -0.0731. The van der Waals surface area contributed by atoms with Crippen LogP contribution in [0.2, 0.25) is 0 Å². The quantitative estimate of drug-likeness (QED) is 0.834. The van der Waals surface area contributed by atoms with Crippen molar-refractivity contribution in [3.8, 4) is 0 Å². The number of rotatable bonds is 1. The zero-order valence-corrected chi connectivity index (χ0v) is 11.3. The Hall–Kier alpha value is -0.900. The van der Waals surface area contributed by atoms with Crippen molar-refractivity contribution in [1.82, 2.24) is 10.2 Å². The topological polar surface area (TPSA) is 24.5 Å². The van der Waals surface area contributed by atoms with Gasteiger partial charge in [-0.2, -0.15) is 0 Å². The molecule has 0 amide bonds. The molecule has 0 bridgehead atoms. The van der Waals surface area contributed by atoms with Gasteiger partial charge in [0.2, 0.25) is 0 Å². The molecule has 1 N–H and O–H groups in total. The molecule has 0 aromatic heterocycles. The fraction of sp³-hybridized carbons (Fsp3) is 0.625. The first kappa shape index (κ1) is 11.9. The van der Waals surface area contributed by atoms with Crippen LogP contribution in [0.3, 0.4) is 0 Å². The van der Waals surface area contributed by atoms with E-state index in [1.807, 2.05) is 0 Å². The number of nitrogens with one attached hydrogen (secondary N) is 1. The first-order valence-electron chi connectivity index (χ1n) is 7.59. The third-order valence-corrected chi connectivity index (χ3v) is 4.99. The molecule has 3 heteroatoms. The van der Waals surface area contributed by atoms with Gasteiger partial charge in [-0.25, -0.2) is 0 Å². The third kappa shape index (κ3) is 2.00. The van der Waals surface area contributed by atoms with E-state index >= 15 is 0 Å². The van der Waals surface area contributed by atoms with E-state index in [-0.39, 0.29) is 0 Å². The molecular formula is C16H22N2O. The van der Waals surface area contributed by atoms with E-state index in [9.17, 15) is 0 Å². The second kappa shape index (κ2) is 4.89. The second-order valence-electron chi connectivity index (χ2n) is 5.99. The van der Waals surface area contributed by atoms with Crippen LogP contribution in [0.15, 0.2) is 24.3 Å². The van der Waals surface area contributed by atoms with Crippen LogP contribution in [0.1, 0.15) is 36.4 Å². The van der Waals surface area contributed by atoms with Gasteiger partial charge in [-0.15, -0.1) is 0 Å². The Morgan fingerprint density at radius 3 is 3.16 bits per heavy atom. The molecule has 0 spiro atoms. The maximum absolute atomic E-state index is 5.95. The molecule has 1 aromatic rings. The van der Waals surface area contributed by atoms with Crippen LogP contribution in [0.4, 0.5) is 0 Å². The van der Waals surface area contributed by atoms with E-state index in [1.54, 1.807) is 0 Å². The summed E-state index contributed by atoms with van der Waals surface area (Å²) >= 11 is 0. The van der Waals surface area contributed by atoms with E-state index in [2.05, 4.69) is 34.5 Å². The maximum Gasteiger partial charge on any atom is 0.0731 e. The fourth-order valence-corrected chi connectivity index (χ4v) is 4.11. The maximum atomic E-state index is 5.95. The molecule has 2 fully saturated rings. The average molecular weight is 258 g/mol. The summed E-state index contributed by atoms with van der Waals surface area (Å²) in [7, 11) is 0. The molecule has 102 valence electrons. The van der Waals surface area contributed by atoms with Crippen molar-refractivity contribution in [3.63, 3.8) is 0 Å². The number of morpholine rings is 1. The van der Waals surface area contributed by atoms with Gasteiger partial charge in [0, 0.05) is 31.7 Å². The first-order valence-corrected chi connectivity index (χ1v) is 7.59. The highest BCUT2D eigenvalue weighted by Gasteiger charge is 2.40. The smallest absolute Gasteiger partial charge is 0.0731 e. The normalized spacial score (nSPS) is 34.8. The lowest BCUT2D eigenvalue weighted by atomic mass is 9.93. The van der Waals surface area contributed by atoms with Crippen LogP contribution in [0, 0.1) is 0 Å². The Morgan fingerprint density at radius 2 is 2.16 bits per heavy atom. The zero-order chi connectivity index (χ0) is 12.7. The summed E-state index contributed by atoms with van der Waals surface area (Å²) in [4.78, 5) is 2.71. The van der Waals surface area contributed by atoms with Crippen LogP contribution in [0.25, 0.3) is 0 Å². The highest BCUT2D eigenvalue weighted by Crippen LogP contribution is 2.37. The van der Waals surface area contributed by atoms with Crippen molar-refractivity contribution in [3.05, 3.63) is 35.4 Å². The molecule has 3 atom stereocenters. The number of hydrogen-bond donors (Lipinski definition) is 1. The minimum atomic E-state index is 0.489. The summed E-state index contributed by atoms with van der Waals surface area (Å²) in [6.07, 6.45) is 4.38. The van der Waals surface area contributed by atoms with E-state index in [0.29, 0.717) is 18.2 Å². The Bertz CT molecular complexity index is 462. The Balaban J connectivity index is 1.65. The van der Waals surface area contributed by atoms with Gasteiger partial charge in [-0.1, -0.05) is 24.3 Å².